The first-order valence-corrected chi connectivity index (χ1v) is 5.39. The molecule has 0 aromatic carbocycles. The van der Waals surface area contributed by atoms with Crippen LogP contribution in [0.1, 0.15) is 15.9 Å². The molecule has 1 aromatic heterocycles. The van der Waals surface area contributed by atoms with Crippen LogP contribution in [-0.4, -0.2) is 42.1 Å². The second kappa shape index (κ2) is 4.58. The molecule has 17 heavy (non-hydrogen) atoms. The number of carboxylic acid groups (broad SMARTS) is 1. The molecule has 92 valence electrons. The van der Waals surface area contributed by atoms with Gasteiger partial charge in [0, 0.05) is 11.8 Å². The van der Waals surface area contributed by atoms with Crippen molar-refractivity contribution in [1.29, 1.82) is 0 Å². The smallest absolute Gasteiger partial charge is 0.337 e. The zero-order valence-corrected chi connectivity index (χ0v) is 9.55. The minimum absolute atomic E-state index is 0.119. The predicted octanol–water partition coefficient (Wildman–Crippen LogP) is -0.177. The number of nitrogens with zero attached hydrogens (tertiary/aromatic N) is 2. The molecule has 1 aliphatic heterocycles. The molecule has 6 heteroatoms. The summed E-state index contributed by atoms with van der Waals surface area (Å²) < 4.78 is 6.57. The Morgan fingerprint density at radius 3 is 2.65 bits per heavy atom. The van der Waals surface area contributed by atoms with E-state index in [1.807, 2.05) is 0 Å². The van der Waals surface area contributed by atoms with E-state index in [0.29, 0.717) is 31.9 Å². The molecule has 0 amide bonds. The van der Waals surface area contributed by atoms with Gasteiger partial charge in [0.2, 0.25) is 0 Å². The molecule has 0 unspecified atom stereocenters. The van der Waals surface area contributed by atoms with Crippen LogP contribution in [0.2, 0.25) is 0 Å². The van der Waals surface area contributed by atoms with Gasteiger partial charge in [0.05, 0.1) is 31.9 Å². The minimum Gasteiger partial charge on any atom is -0.478 e. The van der Waals surface area contributed by atoms with Gasteiger partial charge in [-0.25, -0.2) is 9.47 Å². The summed E-state index contributed by atoms with van der Waals surface area (Å²) in [5.74, 6) is -1.03. The Bertz CT molecular complexity index is 489. The summed E-state index contributed by atoms with van der Waals surface area (Å²) >= 11 is 0. The number of ether oxygens (including phenoxy) is 1. The van der Waals surface area contributed by atoms with Gasteiger partial charge in [0.25, 0.3) is 5.56 Å². The highest BCUT2D eigenvalue weighted by atomic mass is 16.5. The Morgan fingerprint density at radius 2 is 2.06 bits per heavy atom. The third kappa shape index (κ3) is 2.31. The SMILES string of the molecule is Cc1cc(C(=O)O)cn(N2CCOCC2)c1=O. The van der Waals surface area contributed by atoms with Crippen LogP contribution in [0, 0.1) is 6.92 Å². The van der Waals surface area contributed by atoms with E-state index < -0.39 is 5.97 Å². The highest BCUT2D eigenvalue weighted by Crippen LogP contribution is 2.02. The standard InChI is InChI=1S/C11H14N2O4/c1-8-6-9(11(15)16)7-13(10(8)14)12-2-4-17-5-3-12/h6-7H,2-5H2,1H3,(H,15,16). The van der Waals surface area contributed by atoms with Gasteiger partial charge in [-0.05, 0) is 13.0 Å². The van der Waals surface area contributed by atoms with E-state index in [2.05, 4.69) is 0 Å². The number of morpholine rings is 1. The molecule has 1 aliphatic rings. The van der Waals surface area contributed by atoms with E-state index in [-0.39, 0.29) is 11.1 Å². The van der Waals surface area contributed by atoms with Crippen LogP contribution in [0.4, 0.5) is 0 Å². The summed E-state index contributed by atoms with van der Waals surface area (Å²) in [5, 5.41) is 10.8. The quantitative estimate of drug-likeness (QED) is 0.774. The first-order chi connectivity index (χ1) is 8.09. The van der Waals surface area contributed by atoms with E-state index in [0.717, 1.165) is 0 Å². The first kappa shape index (κ1) is 11.7. The fourth-order valence-electron chi connectivity index (χ4n) is 1.80. The Morgan fingerprint density at radius 1 is 1.41 bits per heavy atom. The lowest BCUT2D eigenvalue weighted by Crippen LogP contribution is -2.49. The zero-order chi connectivity index (χ0) is 12.4. The summed E-state index contributed by atoms with van der Waals surface area (Å²) in [7, 11) is 0. The van der Waals surface area contributed by atoms with E-state index in [1.165, 1.54) is 16.9 Å². The molecule has 0 atom stereocenters. The Hall–Kier alpha value is -1.82. The second-order valence-electron chi connectivity index (χ2n) is 3.93. The maximum atomic E-state index is 11.9. The fraction of sp³-hybridized carbons (Fsp3) is 0.455. The zero-order valence-electron chi connectivity index (χ0n) is 9.55. The molecule has 2 rings (SSSR count). The van der Waals surface area contributed by atoms with Crippen LogP contribution >= 0.6 is 0 Å². The third-order valence-electron chi connectivity index (χ3n) is 2.72. The second-order valence-corrected chi connectivity index (χ2v) is 3.93. The maximum absolute atomic E-state index is 11.9. The Balaban J connectivity index is 2.44. The Kier molecular flexibility index (Phi) is 3.14. The van der Waals surface area contributed by atoms with E-state index in [4.69, 9.17) is 9.84 Å². The molecule has 0 aliphatic carbocycles. The lowest BCUT2D eigenvalue weighted by atomic mass is 10.2. The van der Waals surface area contributed by atoms with Crippen LogP contribution in [0.5, 0.6) is 0 Å². The number of carbonyl (C=O) groups is 1. The van der Waals surface area contributed by atoms with Crippen molar-refractivity contribution in [2.24, 2.45) is 0 Å². The van der Waals surface area contributed by atoms with Crippen LogP contribution in [0.25, 0.3) is 0 Å². The molecule has 1 N–H and O–H groups in total. The van der Waals surface area contributed by atoms with Crippen molar-refractivity contribution in [3.8, 4) is 0 Å². The van der Waals surface area contributed by atoms with Gasteiger partial charge in [-0.3, -0.25) is 4.79 Å². The maximum Gasteiger partial charge on any atom is 0.337 e. The van der Waals surface area contributed by atoms with Crippen LogP contribution in [0.15, 0.2) is 17.1 Å². The molecule has 1 aromatic rings. The normalized spacial score (nSPS) is 15.9. The summed E-state index contributed by atoms with van der Waals surface area (Å²) in [6, 6.07) is 1.39. The van der Waals surface area contributed by atoms with Gasteiger partial charge in [-0.1, -0.05) is 0 Å². The highest BCUT2D eigenvalue weighted by molar-refractivity contribution is 5.87. The van der Waals surface area contributed by atoms with Crippen LogP contribution in [-0.2, 0) is 4.74 Å². The number of carboxylic acids is 1. The van der Waals surface area contributed by atoms with Gasteiger partial charge in [0.15, 0.2) is 0 Å². The van der Waals surface area contributed by atoms with Gasteiger partial charge >= 0.3 is 5.97 Å². The average Bonchev–Trinajstić information content (AvgIpc) is 2.33. The van der Waals surface area contributed by atoms with Crippen molar-refractivity contribution in [3.63, 3.8) is 0 Å². The fourth-order valence-corrected chi connectivity index (χ4v) is 1.80. The van der Waals surface area contributed by atoms with Crippen molar-refractivity contribution >= 4 is 5.97 Å². The molecular formula is C11H14N2O4. The van der Waals surface area contributed by atoms with E-state index >= 15 is 0 Å². The van der Waals surface area contributed by atoms with E-state index in [1.54, 1.807) is 11.9 Å². The molecular weight excluding hydrogens is 224 g/mol. The molecule has 0 bridgehead atoms. The number of rotatable bonds is 2. The molecule has 2 heterocycles. The van der Waals surface area contributed by atoms with Crippen molar-refractivity contribution in [3.05, 3.63) is 33.7 Å². The number of hydrogen-bond donors (Lipinski definition) is 1. The van der Waals surface area contributed by atoms with Gasteiger partial charge in [0.1, 0.15) is 0 Å². The highest BCUT2D eigenvalue weighted by Gasteiger charge is 2.15. The topological polar surface area (TPSA) is 71.8 Å². The van der Waals surface area contributed by atoms with Gasteiger partial charge < -0.3 is 14.9 Å². The Labute approximate surface area is 98.0 Å². The third-order valence-corrected chi connectivity index (χ3v) is 2.72. The van der Waals surface area contributed by atoms with Crippen molar-refractivity contribution in [2.45, 2.75) is 6.92 Å². The summed E-state index contributed by atoms with van der Waals surface area (Å²) in [6.07, 6.45) is 1.36. The lowest BCUT2D eigenvalue weighted by Gasteiger charge is -2.30. The van der Waals surface area contributed by atoms with Crippen LogP contribution in [0.3, 0.4) is 0 Å². The minimum atomic E-state index is -1.03. The lowest BCUT2D eigenvalue weighted by molar-refractivity contribution is 0.0695. The number of aromatic nitrogens is 1. The molecule has 1 saturated heterocycles. The monoisotopic (exact) mass is 238 g/mol. The molecule has 0 saturated carbocycles. The molecule has 0 spiro atoms. The number of hydrogen-bond acceptors (Lipinski definition) is 4. The number of aromatic carboxylic acids is 1. The average molecular weight is 238 g/mol. The largest absolute Gasteiger partial charge is 0.478 e. The van der Waals surface area contributed by atoms with Gasteiger partial charge in [-0.2, -0.15) is 0 Å². The van der Waals surface area contributed by atoms with E-state index in [9.17, 15) is 9.59 Å². The van der Waals surface area contributed by atoms with Crippen molar-refractivity contribution in [2.75, 3.05) is 31.3 Å². The summed E-state index contributed by atoms with van der Waals surface area (Å²) in [4.78, 5) is 22.9. The van der Waals surface area contributed by atoms with Crippen LogP contribution < -0.4 is 10.6 Å². The number of aryl methyl sites for hydroxylation is 1. The summed E-state index contributed by atoms with van der Waals surface area (Å²) in [6.45, 7) is 3.88. The molecule has 6 nitrogen and oxygen atoms in total. The van der Waals surface area contributed by atoms with Gasteiger partial charge in [-0.15, -0.1) is 0 Å². The predicted molar refractivity (Wildman–Crippen MR) is 61.2 cm³/mol. The van der Waals surface area contributed by atoms with Crippen molar-refractivity contribution in [1.82, 2.24) is 4.68 Å². The number of pyridine rings is 1. The molecule has 1 fully saturated rings. The molecule has 0 radical (unpaired) electrons. The summed E-state index contributed by atoms with van der Waals surface area (Å²) in [5.41, 5.74) is 0.363. The first-order valence-electron chi connectivity index (χ1n) is 5.39. The van der Waals surface area contributed by atoms with Crippen molar-refractivity contribution < 1.29 is 14.6 Å².